The van der Waals surface area contributed by atoms with Gasteiger partial charge in [0.25, 0.3) is 0 Å². The van der Waals surface area contributed by atoms with Crippen LogP contribution in [0.25, 0.3) is 0 Å². The van der Waals surface area contributed by atoms with Crippen LogP contribution in [0.1, 0.15) is 105 Å². The van der Waals surface area contributed by atoms with E-state index in [0.29, 0.717) is 54.6 Å². The number of carbonyl (C=O) groups excluding carboxylic acids is 2. The van der Waals surface area contributed by atoms with Gasteiger partial charge in [-0.25, -0.2) is 4.79 Å². The van der Waals surface area contributed by atoms with Crippen molar-refractivity contribution in [2.75, 3.05) is 33.2 Å². The SMILES string of the molecule is CC(CCC(=O)N1CCN(C(=O)N(C)CC2CC2)CC1C)[C@H]1CC[C@H]2[C@@H]3CC=C4C[C@@H](O)CC[C@]4(C)[C@H]3CC[C@]12C. The van der Waals surface area contributed by atoms with Crippen LogP contribution < -0.4 is 0 Å². The molecule has 0 aromatic carbocycles. The van der Waals surface area contributed by atoms with E-state index in [1.165, 1.54) is 44.9 Å². The maximum Gasteiger partial charge on any atom is 0.319 e. The van der Waals surface area contributed by atoms with E-state index in [-0.39, 0.29) is 24.1 Å². The predicted octanol–water partition coefficient (Wildman–Crippen LogP) is 6.34. The summed E-state index contributed by atoms with van der Waals surface area (Å²) >= 11 is 0. The van der Waals surface area contributed by atoms with E-state index < -0.39 is 0 Å². The highest BCUT2D eigenvalue weighted by atomic mass is 16.3. The van der Waals surface area contributed by atoms with E-state index in [0.717, 1.165) is 50.0 Å². The molecule has 6 aliphatic rings. The molecule has 6 rings (SSSR count). The number of allylic oxidation sites excluding steroid dienone is 1. The summed E-state index contributed by atoms with van der Waals surface area (Å²) in [4.78, 5) is 32.2. The van der Waals surface area contributed by atoms with Crippen LogP contribution in [-0.4, -0.2) is 77.1 Å². The predicted molar refractivity (Wildman–Crippen MR) is 163 cm³/mol. The number of fused-ring (bicyclic) bond motifs is 5. The Balaban J connectivity index is 1.02. The average Bonchev–Trinajstić information content (AvgIpc) is 3.69. The van der Waals surface area contributed by atoms with Gasteiger partial charge in [-0.05, 0) is 124 Å². The first kappa shape index (κ1) is 29.5. The van der Waals surface area contributed by atoms with Crippen molar-refractivity contribution in [3.05, 3.63) is 11.6 Å². The van der Waals surface area contributed by atoms with Crippen molar-refractivity contribution in [2.24, 2.45) is 46.3 Å². The topological polar surface area (TPSA) is 64.1 Å². The molecule has 6 heteroatoms. The number of hydrogen-bond donors (Lipinski definition) is 1. The first-order valence-corrected chi connectivity index (χ1v) is 17.2. The van der Waals surface area contributed by atoms with Crippen LogP contribution in [0, 0.1) is 46.3 Å². The average molecular weight is 568 g/mol. The molecule has 1 aliphatic heterocycles. The van der Waals surface area contributed by atoms with Crippen molar-refractivity contribution < 1.29 is 14.7 Å². The summed E-state index contributed by atoms with van der Waals surface area (Å²) in [7, 11) is 1.93. The zero-order valence-electron chi connectivity index (χ0n) is 26.6. The Kier molecular flexibility index (Phi) is 8.04. The molecular weight excluding hydrogens is 510 g/mol. The van der Waals surface area contributed by atoms with Gasteiger partial charge in [0.2, 0.25) is 5.91 Å². The van der Waals surface area contributed by atoms with Crippen LogP contribution in [0.15, 0.2) is 11.6 Å². The Morgan fingerprint density at radius 2 is 1.85 bits per heavy atom. The van der Waals surface area contributed by atoms with Crippen LogP contribution in [-0.2, 0) is 4.79 Å². The molecule has 0 radical (unpaired) electrons. The van der Waals surface area contributed by atoms with Gasteiger partial charge in [-0.2, -0.15) is 0 Å². The monoisotopic (exact) mass is 567 g/mol. The number of nitrogens with zero attached hydrogens (tertiary/aromatic N) is 3. The summed E-state index contributed by atoms with van der Waals surface area (Å²) in [5.41, 5.74) is 2.26. The third kappa shape index (κ3) is 5.38. The summed E-state index contributed by atoms with van der Waals surface area (Å²) in [5, 5.41) is 10.3. The van der Waals surface area contributed by atoms with Crippen LogP contribution in [0.4, 0.5) is 4.79 Å². The second-order valence-corrected chi connectivity index (χ2v) is 15.9. The first-order valence-electron chi connectivity index (χ1n) is 17.2. The molecular formula is C35H57N3O3. The molecule has 6 nitrogen and oxygen atoms in total. The van der Waals surface area contributed by atoms with Crippen LogP contribution in [0.5, 0.6) is 0 Å². The zero-order valence-corrected chi connectivity index (χ0v) is 26.6. The molecule has 2 unspecified atom stereocenters. The maximum absolute atomic E-state index is 13.4. The number of piperazine rings is 1. The van der Waals surface area contributed by atoms with Gasteiger partial charge < -0.3 is 19.8 Å². The number of carbonyl (C=O) groups is 2. The fourth-order valence-electron chi connectivity index (χ4n) is 10.8. The summed E-state index contributed by atoms with van der Waals surface area (Å²) in [5.74, 6) is 4.62. The molecule has 9 atom stereocenters. The molecule has 41 heavy (non-hydrogen) atoms. The smallest absolute Gasteiger partial charge is 0.319 e. The first-order chi connectivity index (χ1) is 19.5. The highest BCUT2D eigenvalue weighted by Crippen LogP contribution is 2.67. The molecule has 1 saturated heterocycles. The van der Waals surface area contributed by atoms with Gasteiger partial charge in [0.15, 0.2) is 0 Å². The van der Waals surface area contributed by atoms with Crippen molar-refractivity contribution in [1.82, 2.24) is 14.7 Å². The Labute approximate surface area is 249 Å². The Hall–Kier alpha value is -1.56. The fraction of sp³-hybridized carbons (Fsp3) is 0.886. The number of aliphatic hydroxyl groups is 1. The lowest BCUT2D eigenvalue weighted by atomic mass is 9.47. The highest BCUT2D eigenvalue weighted by molar-refractivity contribution is 5.78. The normalized spacial score (nSPS) is 41.2. The molecule has 0 aromatic rings. The van der Waals surface area contributed by atoms with Crippen LogP contribution >= 0.6 is 0 Å². The Morgan fingerprint density at radius 1 is 1.07 bits per heavy atom. The molecule has 1 N–H and O–H groups in total. The van der Waals surface area contributed by atoms with Crippen molar-refractivity contribution >= 4 is 11.9 Å². The summed E-state index contributed by atoms with van der Waals surface area (Å²) in [6, 6.07) is 0.211. The van der Waals surface area contributed by atoms with Gasteiger partial charge in [-0.15, -0.1) is 0 Å². The standard InChI is InChI=1S/C35H57N3O3/c1-23(6-13-32(40)38-19-18-37(21-24(38)2)33(41)36(5)22-25-7-8-25)29-11-12-30-28-10-9-26-20-27(39)14-16-34(26,3)31(28)15-17-35(29,30)4/h9,23-25,27-31,39H,6-8,10-22H2,1-5H3/t23?,24?,27-,28-,29+,30-,31-,34-,35+/m0/s1. The van der Waals surface area contributed by atoms with Gasteiger partial charge in [-0.3, -0.25) is 4.79 Å². The highest BCUT2D eigenvalue weighted by Gasteiger charge is 2.59. The van der Waals surface area contributed by atoms with Gasteiger partial charge in [0.1, 0.15) is 0 Å². The van der Waals surface area contributed by atoms with Gasteiger partial charge in [-0.1, -0.05) is 32.4 Å². The lowest BCUT2D eigenvalue weighted by Gasteiger charge is -2.58. The quantitative estimate of drug-likeness (QED) is 0.381. The molecule has 0 spiro atoms. The lowest BCUT2D eigenvalue weighted by molar-refractivity contribution is -0.135. The lowest BCUT2D eigenvalue weighted by Crippen LogP contribution is -2.57. The van der Waals surface area contributed by atoms with Crippen molar-refractivity contribution in [3.8, 4) is 0 Å². The van der Waals surface area contributed by atoms with Gasteiger partial charge in [0.05, 0.1) is 6.10 Å². The third-order valence-electron chi connectivity index (χ3n) is 13.4. The summed E-state index contributed by atoms with van der Waals surface area (Å²) in [6.07, 6.45) is 16.1. The van der Waals surface area contributed by atoms with Crippen LogP contribution in [0.3, 0.4) is 0 Å². The van der Waals surface area contributed by atoms with Crippen LogP contribution in [0.2, 0.25) is 0 Å². The van der Waals surface area contributed by atoms with E-state index in [4.69, 9.17) is 0 Å². The minimum atomic E-state index is -0.132. The number of rotatable bonds is 6. The second-order valence-electron chi connectivity index (χ2n) is 15.9. The molecule has 0 bridgehead atoms. The minimum absolute atomic E-state index is 0.0833. The molecule has 230 valence electrons. The van der Waals surface area contributed by atoms with Crippen molar-refractivity contribution in [1.29, 1.82) is 0 Å². The molecule has 5 aliphatic carbocycles. The largest absolute Gasteiger partial charge is 0.393 e. The minimum Gasteiger partial charge on any atom is -0.393 e. The maximum atomic E-state index is 13.4. The third-order valence-corrected chi connectivity index (χ3v) is 13.4. The van der Waals surface area contributed by atoms with Crippen molar-refractivity contribution in [2.45, 2.75) is 117 Å². The van der Waals surface area contributed by atoms with E-state index in [9.17, 15) is 14.7 Å². The van der Waals surface area contributed by atoms with E-state index in [2.05, 4.69) is 38.7 Å². The molecule has 1 heterocycles. The zero-order chi connectivity index (χ0) is 29.1. The molecule has 0 aromatic heterocycles. The number of amides is 3. The van der Waals surface area contributed by atoms with E-state index in [1.54, 1.807) is 5.57 Å². The molecule has 3 amide bonds. The summed E-state index contributed by atoms with van der Waals surface area (Å²) < 4.78 is 0. The number of aliphatic hydroxyl groups excluding tert-OH is 1. The van der Waals surface area contributed by atoms with E-state index >= 15 is 0 Å². The number of urea groups is 1. The Bertz CT molecular complexity index is 1040. The second kappa shape index (κ2) is 11.2. The van der Waals surface area contributed by atoms with Gasteiger partial charge >= 0.3 is 6.03 Å². The molecule has 5 fully saturated rings. The van der Waals surface area contributed by atoms with Crippen molar-refractivity contribution in [3.63, 3.8) is 0 Å². The molecule has 4 saturated carbocycles. The fourth-order valence-corrected chi connectivity index (χ4v) is 10.8. The summed E-state index contributed by atoms with van der Waals surface area (Å²) in [6.45, 7) is 12.5. The van der Waals surface area contributed by atoms with Gasteiger partial charge in [0, 0.05) is 45.7 Å². The van der Waals surface area contributed by atoms with E-state index in [1.807, 2.05) is 16.8 Å². The Morgan fingerprint density at radius 3 is 2.59 bits per heavy atom. The number of hydrogen-bond acceptors (Lipinski definition) is 3.